The van der Waals surface area contributed by atoms with Crippen LogP contribution < -0.4 is 5.32 Å². The molecule has 0 aromatic carbocycles. The Morgan fingerprint density at radius 2 is 1.45 bits per heavy atom. The Morgan fingerprint density at radius 1 is 0.950 bits per heavy atom. The van der Waals surface area contributed by atoms with Crippen molar-refractivity contribution in [3.8, 4) is 0 Å². The SMILES string of the molecule is CN(C)C1(CNC2CC(C)(C)CC(C)(C)C2)CCCC1. The first kappa shape index (κ1) is 16.3. The molecule has 2 rings (SSSR count). The largest absolute Gasteiger partial charge is 0.312 e. The third-order valence-electron chi connectivity index (χ3n) is 5.76. The van der Waals surface area contributed by atoms with Gasteiger partial charge in [0.25, 0.3) is 0 Å². The van der Waals surface area contributed by atoms with Crippen molar-refractivity contribution in [2.75, 3.05) is 20.6 Å². The lowest BCUT2D eigenvalue weighted by Gasteiger charge is -2.47. The van der Waals surface area contributed by atoms with Gasteiger partial charge in [-0.05, 0) is 57.0 Å². The van der Waals surface area contributed by atoms with Crippen molar-refractivity contribution in [1.29, 1.82) is 0 Å². The molecule has 2 saturated carbocycles. The van der Waals surface area contributed by atoms with E-state index in [2.05, 4.69) is 52.0 Å². The van der Waals surface area contributed by atoms with Crippen molar-refractivity contribution >= 4 is 0 Å². The van der Waals surface area contributed by atoms with Crippen LogP contribution in [0.3, 0.4) is 0 Å². The molecular weight excluding hydrogens is 244 g/mol. The number of likely N-dealkylation sites (N-methyl/N-ethyl adjacent to an activating group) is 1. The van der Waals surface area contributed by atoms with Crippen LogP contribution in [-0.4, -0.2) is 37.1 Å². The van der Waals surface area contributed by atoms with E-state index in [1.165, 1.54) is 51.5 Å². The molecular formula is C18H36N2. The van der Waals surface area contributed by atoms with Gasteiger partial charge in [-0.25, -0.2) is 0 Å². The standard InChI is InChI=1S/C18H36N2/c1-16(2)11-15(12-17(3,4)13-16)19-14-18(20(5)6)9-7-8-10-18/h15,19H,7-14H2,1-6H3. The first-order valence-electron chi connectivity index (χ1n) is 8.55. The van der Waals surface area contributed by atoms with E-state index in [0.717, 1.165) is 0 Å². The highest BCUT2D eigenvalue weighted by atomic mass is 15.2. The van der Waals surface area contributed by atoms with E-state index in [9.17, 15) is 0 Å². The van der Waals surface area contributed by atoms with Crippen LogP contribution in [0.25, 0.3) is 0 Å². The second kappa shape index (κ2) is 5.61. The molecule has 2 fully saturated rings. The third kappa shape index (κ3) is 3.76. The first-order valence-corrected chi connectivity index (χ1v) is 8.55. The maximum atomic E-state index is 3.96. The van der Waals surface area contributed by atoms with Gasteiger partial charge in [-0.15, -0.1) is 0 Å². The molecule has 0 amide bonds. The molecule has 2 aliphatic rings. The summed E-state index contributed by atoms with van der Waals surface area (Å²) in [7, 11) is 4.53. The molecule has 2 heteroatoms. The molecule has 0 spiro atoms. The van der Waals surface area contributed by atoms with Crippen LogP contribution in [0.2, 0.25) is 0 Å². The Labute approximate surface area is 126 Å². The summed E-state index contributed by atoms with van der Waals surface area (Å²) in [5.41, 5.74) is 1.40. The average molecular weight is 280 g/mol. The summed E-state index contributed by atoms with van der Waals surface area (Å²) in [6.45, 7) is 11.0. The maximum Gasteiger partial charge on any atom is 0.0327 e. The summed E-state index contributed by atoms with van der Waals surface area (Å²) in [5.74, 6) is 0. The molecule has 0 bridgehead atoms. The Morgan fingerprint density at radius 3 is 1.90 bits per heavy atom. The van der Waals surface area contributed by atoms with E-state index in [-0.39, 0.29) is 0 Å². The van der Waals surface area contributed by atoms with E-state index in [0.29, 0.717) is 22.4 Å². The van der Waals surface area contributed by atoms with Crippen molar-refractivity contribution in [2.45, 2.75) is 84.2 Å². The van der Waals surface area contributed by atoms with Crippen LogP contribution in [0.4, 0.5) is 0 Å². The lowest BCUT2D eigenvalue weighted by atomic mass is 9.63. The Hall–Kier alpha value is -0.0800. The van der Waals surface area contributed by atoms with Crippen LogP contribution in [-0.2, 0) is 0 Å². The number of nitrogens with one attached hydrogen (secondary N) is 1. The van der Waals surface area contributed by atoms with Crippen LogP contribution >= 0.6 is 0 Å². The zero-order valence-electron chi connectivity index (χ0n) is 14.7. The zero-order chi connectivity index (χ0) is 15.0. The van der Waals surface area contributed by atoms with Crippen LogP contribution in [0.1, 0.15) is 72.6 Å². The summed E-state index contributed by atoms with van der Waals surface area (Å²) in [6, 6.07) is 0.700. The van der Waals surface area contributed by atoms with E-state index < -0.39 is 0 Å². The minimum absolute atomic E-state index is 0.422. The molecule has 1 N–H and O–H groups in total. The molecule has 0 aliphatic heterocycles. The molecule has 2 nitrogen and oxygen atoms in total. The lowest BCUT2D eigenvalue weighted by molar-refractivity contribution is 0.0724. The lowest BCUT2D eigenvalue weighted by Crippen LogP contribution is -2.54. The quantitative estimate of drug-likeness (QED) is 0.835. The van der Waals surface area contributed by atoms with Gasteiger partial charge in [-0.2, -0.15) is 0 Å². The van der Waals surface area contributed by atoms with Crippen LogP contribution in [0, 0.1) is 10.8 Å². The highest BCUT2D eigenvalue weighted by Gasteiger charge is 2.40. The molecule has 2 aliphatic carbocycles. The van der Waals surface area contributed by atoms with Gasteiger partial charge in [0.2, 0.25) is 0 Å². The minimum atomic E-state index is 0.422. The predicted octanol–water partition coefficient (Wildman–Crippen LogP) is 4.06. The molecule has 0 atom stereocenters. The summed E-state index contributed by atoms with van der Waals surface area (Å²) in [4.78, 5) is 2.48. The van der Waals surface area contributed by atoms with E-state index in [4.69, 9.17) is 0 Å². The second-order valence-corrected chi connectivity index (χ2v) is 9.32. The summed E-state index contributed by atoms with van der Waals surface area (Å²) >= 11 is 0. The van der Waals surface area contributed by atoms with Crippen molar-refractivity contribution in [3.63, 3.8) is 0 Å². The van der Waals surface area contributed by atoms with Gasteiger partial charge in [0, 0.05) is 18.1 Å². The van der Waals surface area contributed by atoms with E-state index >= 15 is 0 Å². The van der Waals surface area contributed by atoms with Gasteiger partial charge in [0.05, 0.1) is 0 Å². The predicted molar refractivity (Wildman–Crippen MR) is 88.1 cm³/mol. The number of hydrogen-bond donors (Lipinski definition) is 1. The topological polar surface area (TPSA) is 15.3 Å². The first-order chi connectivity index (χ1) is 9.14. The highest BCUT2D eigenvalue weighted by Crippen LogP contribution is 2.46. The number of nitrogens with zero attached hydrogens (tertiary/aromatic N) is 1. The monoisotopic (exact) mass is 280 g/mol. The van der Waals surface area contributed by atoms with Crippen LogP contribution in [0.15, 0.2) is 0 Å². The third-order valence-corrected chi connectivity index (χ3v) is 5.76. The molecule has 0 saturated heterocycles. The smallest absolute Gasteiger partial charge is 0.0327 e. The Kier molecular flexibility index (Phi) is 4.57. The van der Waals surface area contributed by atoms with Crippen molar-refractivity contribution in [1.82, 2.24) is 10.2 Å². The minimum Gasteiger partial charge on any atom is -0.312 e. The van der Waals surface area contributed by atoms with E-state index in [1.54, 1.807) is 0 Å². The van der Waals surface area contributed by atoms with Gasteiger partial charge >= 0.3 is 0 Å². The molecule has 0 unspecified atom stereocenters. The van der Waals surface area contributed by atoms with E-state index in [1.807, 2.05) is 0 Å². The van der Waals surface area contributed by atoms with Gasteiger partial charge in [0.15, 0.2) is 0 Å². The molecule has 20 heavy (non-hydrogen) atoms. The fourth-order valence-electron chi connectivity index (χ4n) is 5.14. The van der Waals surface area contributed by atoms with Crippen LogP contribution in [0.5, 0.6) is 0 Å². The number of rotatable bonds is 4. The number of hydrogen-bond acceptors (Lipinski definition) is 2. The summed E-state index contributed by atoms with van der Waals surface area (Å²) in [6.07, 6.45) is 9.57. The van der Waals surface area contributed by atoms with Gasteiger partial charge in [-0.1, -0.05) is 40.5 Å². The van der Waals surface area contributed by atoms with Crippen molar-refractivity contribution in [3.05, 3.63) is 0 Å². The molecule has 0 heterocycles. The van der Waals surface area contributed by atoms with Gasteiger partial charge in [0.1, 0.15) is 0 Å². The van der Waals surface area contributed by atoms with Crippen molar-refractivity contribution in [2.24, 2.45) is 10.8 Å². The summed E-state index contributed by atoms with van der Waals surface area (Å²) < 4.78 is 0. The average Bonchev–Trinajstić information content (AvgIpc) is 2.71. The molecule has 0 aromatic rings. The fourth-order valence-corrected chi connectivity index (χ4v) is 5.14. The second-order valence-electron chi connectivity index (χ2n) is 9.32. The fraction of sp³-hybridized carbons (Fsp3) is 1.00. The Balaban J connectivity index is 1.96. The van der Waals surface area contributed by atoms with Gasteiger partial charge < -0.3 is 10.2 Å². The zero-order valence-corrected chi connectivity index (χ0v) is 14.7. The van der Waals surface area contributed by atoms with Gasteiger partial charge in [-0.3, -0.25) is 0 Å². The maximum absolute atomic E-state index is 3.96. The molecule has 0 radical (unpaired) electrons. The Bertz CT molecular complexity index is 308. The van der Waals surface area contributed by atoms with Crippen molar-refractivity contribution < 1.29 is 0 Å². The highest BCUT2D eigenvalue weighted by molar-refractivity contribution is 4.98. The summed E-state index contributed by atoms with van der Waals surface area (Å²) in [5, 5.41) is 3.96. The normalized spacial score (nSPS) is 28.9. The molecule has 0 aromatic heterocycles. The molecule has 118 valence electrons.